The van der Waals surface area contributed by atoms with E-state index in [4.69, 9.17) is 16.7 Å². The van der Waals surface area contributed by atoms with Gasteiger partial charge in [0.1, 0.15) is 11.9 Å². The molecule has 0 radical (unpaired) electrons. The van der Waals surface area contributed by atoms with Gasteiger partial charge in [0.2, 0.25) is 5.91 Å². The summed E-state index contributed by atoms with van der Waals surface area (Å²) < 4.78 is 29.2. The Hall–Kier alpha value is -4.97. The highest BCUT2D eigenvalue weighted by atomic mass is 35.5. The van der Waals surface area contributed by atoms with Crippen molar-refractivity contribution < 1.29 is 28.3 Å². The van der Waals surface area contributed by atoms with E-state index >= 15 is 0 Å². The van der Waals surface area contributed by atoms with Gasteiger partial charge in [-0.25, -0.2) is 13.6 Å². The summed E-state index contributed by atoms with van der Waals surface area (Å²) in [5, 5.41) is 24.8. The third kappa shape index (κ3) is 5.87. The summed E-state index contributed by atoms with van der Waals surface area (Å²) in [7, 11) is 0. The first-order valence-electron chi connectivity index (χ1n) is 10.8. The van der Waals surface area contributed by atoms with Crippen LogP contribution >= 0.6 is 11.6 Å². The molecule has 1 aromatic heterocycles. The van der Waals surface area contributed by atoms with Crippen molar-refractivity contribution in [2.45, 2.75) is 6.04 Å². The maximum absolute atomic E-state index is 14.8. The second-order valence-electron chi connectivity index (χ2n) is 7.69. The van der Waals surface area contributed by atoms with Crippen molar-refractivity contribution in [1.82, 2.24) is 25.5 Å². The predicted molar refractivity (Wildman–Crippen MR) is 132 cm³/mol. The van der Waals surface area contributed by atoms with Crippen LogP contribution in [0.1, 0.15) is 27.5 Å². The molecule has 2 amide bonds. The number of tetrazole rings is 1. The monoisotopic (exact) mass is 538 g/mol. The number of carbonyl (C=O) groups is 3. The lowest BCUT2D eigenvalue weighted by Crippen LogP contribution is -2.36. The minimum Gasteiger partial charge on any atom is -0.478 e. The zero-order chi connectivity index (χ0) is 27.2. The molecule has 0 saturated heterocycles. The fourth-order valence-corrected chi connectivity index (χ4v) is 3.58. The predicted octanol–water partition coefficient (Wildman–Crippen LogP) is 3.80. The average molecular weight is 539 g/mol. The van der Waals surface area contributed by atoms with Gasteiger partial charge in [-0.15, -0.1) is 15.0 Å². The van der Waals surface area contributed by atoms with Gasteiger partial charge in [0.25, 0.3) is 5.91 Å². The Morgan fingerprint density at radius 3 is 2.47 bits per heavy atom. The van der Waals surface area contributed by atoms with Gasteiger partial charge in [-0.3, -0.25) is 9.59 Å². The van der Waals surface area contributed by atoms with Crippen LogP contribution < -0.4 is 10.6 Å². The first-order chi connectivity index (χ1) is 18.2. The smallest absolute Gasteiger partial charge is 0.335 e. The van der Waals surface area contributed by atoms with Crippen molar-refractivity contribution >= 4 is 41.1 Å². The molecule has 1 unspecified atom stereocenters. The van der Waals surface area contributed by atoms with Gasteiger partial charge in [-0.1, -0.05) is 41.9 Å². The van der Waals surface area contributed by atoms with Gasteiger partial charge >= 0.3 is 5.97 Å². The zero-order valence-corrected chi connectivity index (χ0v) is 19.9. The Morgan fingerprint density at radius 2 is 1.82 bits per heavy atom. The van der Waals surface area contributed by atoms with Gasteiger partial charge in [0.05, 0.1) is 22.0 Å². The number of anilines is 1. The summed E-state index contributed by atoms with van der Waals surface area (Å²) in [5.41, 5.74) is -0.155. The highest BCUT2D eigenvalue weighted by molar-refractivity contribution is 6.31. The van der Waals surface area contributed by atoms with E-state index in [1.807, 2.05) is 0 Å². The van der Waals surface area contributed by atoms with E-state index in [0.29, 0.717) is 5.56 Å². The minimum absolute atomic E-state index is 0.105. The second kappa shape index (κ2) is 11.4. The lowest BCUT2D eigenvalue weighted by Gasteiger charge is -2.18. The maximum Gasteiger partial charge on any atom is 0.335 e. The topological polar surface area (TPSA) is 139 Å². The molecule has 3 aromatic carbocycles. The van der Waals surface area contributed by atoms with Crippen LogP contribution in [0.5, 0.6) is 0 Å². The molecule has 0 spiro atoms. The highest BCUT2D eigenvalue weighted by Crippen LogP contribution is 2.25. The average Bonchev–Trinajstić information content (AvgIpc) is 3.44. The Kier molecular flexibility index (Phi) is 7.83. The van der Waals surface area contributed by atoms with E-state index in [1.165, 1.54) is 12.1 Å². The van der Waals surface area contributed by atoms with E-state index in [1.54, 1.807) is 30.3 Å². The van der Waals surface area contributed by atoms with E-state index in [2.05, 4.69) is 26.0 Å². The molecule has 0 aliphatic carbocycles. The molecule has 13 heteroatoms. The molecule has 1 atom stereocenters. The molecule has 0 fully saturated rings. The molecule has 0 saturated carbocycles. The number of carboxylic acid groups (broad SMARTS) is 1. The van der Waals surface area contributed by atoms with Gasteiger partial charge < -0.3 is 15.7 Å². The van der Waals surface area contributed by atoms with Crippen LogP contribution in [0.2, 0.25) is 5.02 Å². The number of halogens is 3. The van der Waals surface area contributed by atoms with Crippen molar-refractivity contribution in [3.8, 4) is 5.69 Å². The van der Waals surface area contributed by atoms with E-state index in [9.17, 15) is 23.2 Å². The van der Waals surface area contributed by atoms with Crippen LogP contribution in [-0.2, 0) is 9.59 Å². The molecule has 3 N–H and O–H groups in total. The normalized spacial score (nSPS) is 11.8. The molecule has 0 aliphatic rings. The molecular weight excluding hydrogens is 522 g/mol. The maximum atomic E-state index is 14.8. The van der Waals surface area contributed by atoms with Crippen molar-refractivity contribution in [3.63, 3.8) is 0 Å². The Labute approximate surface area is 218 Å². The zero-order valence-electron chi connectivity index (χ0n) is 19.2. The summed E-state index contributed by atoms with van der Waals surface area (Å²) in [6, 6.07) is 12.6. The quantitative estimate of drug-likeness (QED) is 0.290. The van der Waals surface area contributed by atoms with Gasteiger partial charge in [0, 0.05) is 11.6 Å². The van der Waals surface area contributed by atoms with Crippen LogP contribution in [-0.4, -0.2) is 43.1 Å². The molecule has 38 heavy (non-hydrogen) atoms. The number of hydrogen-bond acceptors (Lipinski definition) is 6. The number of hydrogen-bond donors (Lipinski definition) is 3. The highest BCUT2D eigenvalue weighted by Gasteiger charge is 2.23. The van der Waals surface area contributed by atoms with Gasteiger partial charge in [-0.05, 0) is 47.2 Å². The molecule has 4 aromatic rings. The van der Waals surface area contributed by atoms with Crippen LogP contribution in [0, 0.1) is 11.6 Å². The number of nitrogens with one attached hydrogen (secondary N) is 2. The molecule has 4 rings (SSSR count). The van der Waals surface area contributed by atoms with Crippen LogP contribution in [0.4, 0.5) is 14.5 Å². The fraction of sp³-hybridized carbons (Fsp3) is 0.0400. The Morgan fingerprint density at radius 1 is 1.05 bits per heavy atom. The number of benzene rings is 3. The molecule has 0 aliphatic heterocycles. The number of carbonyl (C=O) groups excluding carboxylic acids is 2. The number of aromatic nitrogens is 4. The number of nitrogens with zero attached hydrogens (tertiary/aromatic N) is 4. The van der Waals surface area contributed by atoms with E-state index in [0.717, 1.165) is 41.5 Å². The Balaban J connectivity index is 1.59. The molecular formula is C25H17ClF2N6O4. The second-order valence-corrected chi connectivity index (χ2v) is 8.10. The minimum atomic E-state index is -1.33. The van der Waals surface area contributed by atoms with Gasteiger partial charge in [-0.2, -0.15) is 0 Å². The first kappa shape index (κ1) is 26.1. The number of carboxylic acids is 1. The molecule has 1 heterocycles. The van der Waals surface area contributed by atoms with Crippen LogP contribution in [0.15, 0.2) is 73.1 Å². The molecule has 192 valence electrons. The van der Waals surface area contributed by atoms with Crippen LogP contribution in [0.25, 0.3) is 11.8 Å². The summed E-state index contributed by atoms with van der Waals surface area (Å²) in [6.45, 7) is 0. The van der Waals surface area contributed by atoms with Crippen molar-refractivity contribution in [2.75, 3.05) is 5.32 Å². The lowest BCUT2D eigenvalue weighted by molar-refractivity contribution is -0.124. The van der Waals surface area contributed by atoms with Crippen molar-refractivity contribution in [1.29, 1.82) is 0 Å². The fourth-order valence-electron chi connectivity index (χ4n) is 3.42. The van der Waals surface area contributed by atoms with E-state index < -0.39 is 35.5 Å². The van der Waals surface area contributed by atoms with Crippen molar-refractivity contribution in [3.05, 3.63) is 106 Å². The summed E-state index contributed by atoms with van der Waals surface area (Å²) in [6.07, 6.45) is 3.27. The first-order valence-corrected chi connectivity index (χ1v) is 11.2. The lowest BCUT2D eigenvalue weighted by atomic mass is 10.1. The summed E-state index contributed by atoms with van der Waals surface area (Å²) in [4.78, 5) is 38.0. The largest absolute Gasteiger partial charge is 0.478 e. The molecule has 10 nitrogen and oxygen atoms in total. The summed E-state index contributed by atoms with van der Waals surface area (Å²) >= 11 is 5.89. The number of rotatable bonds is 8. The molecule has 0 bridgehead atoms. The summed E-state index contributed by atoms with van der Waals surface area (Å²) in [5.74, 6) is -4.72. The number of aromatic carboxylic acids is 1. The third-order valence-corrected chi connectivity index (χ3v) is 5.52. The van der Waals surface area contributed by atoms with Gasteiger partial charge in [0.15, 0.2) is 12.1 Å². The third-order valence-electron chi connectivity index (χ3n) is 5.23. The van der Waals surface area contributed by atoms with E-state index in [-0.39, 0.29) is 27.5 Å². The van der Waals surface area contributed by atoms with Crippen LogP contribution in [0.3, 0.4) is 0 Å². The Bertz CT molecular complexity index is 1530. The SMILES string of the molecule is O=C(C=Cc1c(-n2ncnn2)ccc(Cl)c1F)NC(C(=O)Nc1ccc(C(=O)O)cc1F)c1ccccc1. The van der Waals surface area contributed by atoms with Crippen molar-refractivity contribution in [2.24, 2.45) is 0 Å². The number of amides is 2. The standard InChI is InChI=1S/C25H17ClF2N6O4/c26-17-8-10-20(34-30-13-29-33-34)16(22(17)28)7-11-21(35)32-23(14-4-2-1-3-5-14)24(36)31-19-9-6-15(25(37)38)12-18(19)27/h1-13,23H,(H,31,36)(H,32,35)(H,37,38).